The van der Waals surface area contributed by atoms with Gasteiger partial charge in [0.1, 0.15) is 0 Å². The lowest BCUT2D eigenvalue weighted by Crippen LogP contribution is -2.50. The maximum absolute atomic E-state index is 12.8. The first-order chi connectivity index (χ1) is 11.3. The smallest absolute Gasteiger partial charge is 0.303 e. The predicted molar refractivity (Wildman–Crippen MR) is 94.8 cm³/mol. The van der Waals surface area contributed by atoms with E-state index in [9.17, 15) is 9.59 Å². The summed E-state index contributed by atoms with van der Waals surface area (Å²) >= 11 is 12.2. The van der Waals surface area contributed by atoms with Crippen LogP contribution in [0.25, 0.3) is 0 Å². The zero-order chi connectivity index (χ0) is 17.9. The molecular formula is C17H22Cl2N2O3. The molecule has 0 aliphatic carbocycles. The summed E-state index contributed by atoms with van der Waals surface area (Å²) in [6.45, 7) is 1.14. The van der Waals surface area contributed by atoms with Gasteiger partial charge in [-0.1, -0.05) is 29.3 Å². The molecule has 1 aliphatic rings. The number of carboxylic acids is 1. The lowest BCUT2D eigenvalue weighted by molar-refractivity contribution is -0.137. The number of carbonyl (C=O) groups is 2. The van der Waals surface area contributed by atoms with Gasteiger partial charge >= 0.3 is 5.97 Å². The van der Waals surface area contributed by atoms with Gasteiger partial charge in [0.05, 0.1) is 15.6 Å². The molecule has 0 radical (unpaired) electrons. The van der Waals surface area contributed by atoms with Crippen molar-refractivity contribution >= 4 is 35.1 Å². The van der Waals surface area contributed by atoms with E-state index in [2.05, 4.69) is 4.90 Å². The summed E-state index contributed by atoms with van der Waals surface area (Å²) in [7, 11) is 3.98. The van der Waals surface area contributed by atoms with Crippen LogP contribution < -0.4 is 0 Å². The molecule has 1 aromatic rings. The lowest BCUT2D eigenvalue weighted by Gasteiger charge is -2.41. The molecule has 0 unspecified atom stereocenters. The number of likely N-dealkylation sites (tertiary alicyclic amines) is 1. The molecule has 2 atom stereocenters. The van der Waals surface area contributed by atoms with Gasteiger partial charge in [-0.25, -0.2) is 0 Å². The van der Waals surface area contributed by atoms with E-state index < -0.39 is 5.97 Å². The number of nitrogens with zero attached hydrogens (tertiary/aromatic N) is 2. The van der Waals surface area contributed by atoms with E-state index in [1.54, 1.807) is 23.1 Å². The molecule has 7 heteroatoms. The van der Waals surface area contributed by atoms with Crippen molar-refractivity contribution in [2.24, 2.45) is 5.92 Å². The molecule has 0 aromatic heterocycles. The third-order valence-electron chi connectivity index (χ3n) is 4.56. The fourth-order valence-electron chi connectivity index (χ4n) is 3.32. The molecule has 0 spiro atoms. The summed E-state index contributed by atoms with van der Waals surface area (Å²) < 4.78 is 0. The Hall–Kier alpha value is -1.30. The van der Waals surface area contributed by atoms with Crippen molar-refractivity contribution < 1.29 is 14.7 Å². The summed E-state index contributed by atoms with van der Waals surface area (Å²) in [5.74, 6) is -0.847. The number of piperidine rings is 1. The Morgan fingerprint density at radius 1 is 1.33 bits per heavy atom. The third kappa shape index (κ3) is 4.41. The highest BCUT2D eigenvalue weighted by atomic mass is 35.5. The molecule has 1 amide bonds. The van der Waals surface area contributed by atoms with Crippen molar-refractivity contribution in [1.29, 1.82) is 0 Å². The normalized spacial score (nSPS) is 21.1. The van der Waals surface area contributed by atoms with Crippen LogP contribution in [0.1, 0.15) is 29.6 Å². The standard InChI is InChI=1S/C17H22Cl2N2O3/c1-20(2)14-8-9-21(10-11(14)6-7-15(22)23)17(24)12-4-3-5-13(18)16(12)19/h3-5,11,14H,6-10H2,1-2H3,(H,22,23)/t11-,14+/m1/s1. The molecule has 0 bridgehead atoms. The first kappa shape index (κ1) is 19.0. The molecule has 1 N–H and O–H groups in total. The van der Waals surface area contributed by atoms with E-state index in [0.29, 0.717) is 30.1 Å². The second-order valence-corrected chi connectivity index (χ2v) is 7.15. The zero-order valence-corrected chi connectivity index (χ0v) is 15.3. The van der Waals surface area contributed by atoms with Crippen molar-refractivity contribution in [3.63, 3.8) is 0 Å². The molecule has 0 saturated carbocycles. The highest BCUT2D eigenvalue weighted by Crippen LogP contribution is 2.30. The predicted octanol–water partition coefficient (Wildman–Crippen LogP) is 3.25. The SMILES string of the molecule is CN(C)[C@H]1CCN(C(=O)c2cccc(Cl)c2Cl)C[C@H]1CCC(=O)O. The van der Waals surface area contributed by atoms with Crippen LogP contribution in [0, 0.1) is 5.92 Å². The van der Waals surface area contributed by atoms with Crippen LogP contribution in [0.2, 0.25) is 10.0 Å². The molecule has 5 nitrogen and oxygen atoms in total. The number of carboxylic acid groups (broad SMARTS) is 1. The van der Waals surface area contributed by atoms with Crippen LogP contribution in [0.15, 0.2) is 18.2 Å². The number of halogens is 2. The minimum Gasteiger partial charge on any atom is -0.481 e. The van der Waals surface area contributed by atoms with Crippen molar-refractivity contribution in [2.45, 2.75) is 25.3 Å². The Kier molecular flexibility index (Phi) is 6.49. The summed E-state index contributed by atoms with van der Waals surface area (Å²) in [5.41, 5.74) is 0.393. The van der Waals surface area contributed by atoms with Crippen LogP contribution in [0.5, 0.6) is 0 Å². The quantitative estimate of drug-likeness (QED) is 0.861. The summed E-state index contributed by atoms with van der Waals surface area (Å²) in [6, 6.07) is 5.29. The average molecular weight is 373 g/mol. The minimum absolute atomic E-state index is 0.106. The molecular weight excluding hydrogens is 351 g/mol. The van der Waals surface area contributed by atoms with Crippen molar-refractivity contribution in [1.82, 2.24) is 9.80 Å². The highest BCUT2D eigenvalue weighted by molar-refractivity contribution is 6.43. The van der Waals surface area contributed by atoms with Gasteiger partial charge in [0.15, 0.2) is 0 Å². The third-order valence-corrected chi connectivity index (χ3v) is 5.37. The van der Waals surface area contributed by atoms with Gasteiger partial charge in [0, 0.05) is 25.6 Å². The number of amides is 1. The molecule has 1 aliphatic heterocycles. The van der Waals surface area contributed by atoms with Crippen LogP contribution in [-0.4, -0.2) is 60.0 Å². The van der Waals surface area contributed by atoms with Gasteiger partial charge in [-0.05, 0) is 45.0 Å². The topological polar surface area (TPSA) is 60.9 Å². The van der Waals surface area contributed by atoms with Crippen molar-refractivity contribution in [3.05, 3.63) is 33.8 Å². The maximum atomic E-state index is 12.8. The Morgan fingerprint density at radius 3 is 2.67 bits per heavy atom. The number of hydrogen-bond acceptors (Lipinski definition) is 3. The Labute approximate surface area is 152 Å². The molecule has 2 rings (SSSR count). The van der Waals surface area contributed by atoms with E-state index >= 15 is 0 Å². The first-order valence-electron chi connectivity index (χ1n) is 7.92. The van der Waals surface area contributed by atoms with E-state index in [4.69, 9.17) is 28.3 Å². The van der Waals surface area contributed by atoms with E-state index in [1.807, 2.05) is 14.1 Å². The van der Waals surface area contributed by atoms with Crippen LogP contribution >= 0.6 is 23.2 Å². The van der Waals surface area contributed by atoms with E-state index in [-0.39, 0.29) is 29.3 Å². The minimum atomic E-state index is -0.811. The Morgan fingerprint density at radius 2 is 2.04 bits per heavy atom. The summed E-state index contributed by atoms with van der Waals surface area (Å²) in [6.07, 6.45) is 1.46. The van der Waals surface area contributed by atoms with Crippen molar-refractivity contribution in [3.8, 4) is 0 Å². The van der Waals surface area contributed by atoms with Crippen LogP contribution in [0.3, 0.4) is 0 Å². The molecule has 1 saturated heterocycles. The monoisotopic (exact) mass is 372 g/mol. The number of rotatable bonds is 5. The highest BCUT2D eigenvalue weighted by Gasteiger charge is 2.33. The Bertz CT molecular complexity index is 622. The second kappa shape index (κ2) is 8.19. The summed E-state index contributed by atoms with van der Waals surface area (Å²) in [4.78, 5) is 27.6. The van der Waals surface area contributed by atoms with Crippen LogP contribution in [0.4, 0.5) is 0 Å². The fourth-order valence-corrected chi connectivity index (χ4v) is 3.70. The first-order valence-corrected chi connectivity index (χ1v) is 8.68. The molecule has 1 fully saturated rings. The second-order valence-electron chi connectivity index (χ2n) is 6.36. The molecule has 24 heavy (non-hydrogen) atoms. The number of hydrogen-bond donors (Lipinski definition) is 1. The average Bonchev–Trinajstić information content (AvgIpc) is 2.54. The molecule has 132 valence electrons. The van der Waals surface area contributed by atoms with Gasteiger partial charge in [-0.3, -0.25) is 9.59 Å². The molecule has 1 aromatic carbocycles. The van der Waals surface area contributed by atoms with Gasteiger partial charge < -0.3 is 14.9 Å². The number of carbonyl (C=O) groups excluding carboxylic acids is 1. The largest absolute Gasteiger partial charge is 0.481 e. The zero-order valence-electron chi connectivity index (χ0n) is 13.8. The summed E-state index contributed by atoms with van der Waals surface area (Å²) in [5, 5.41) is 9.58. The van der Waals surface area contributed by atoms with Gasteiger partial charge in [0.25, 0.3) is 5.91 Å². The maximum Gasteiger partial charge on any atom is 0.303 e. The van der Waals surface area contributed by atoms with Gasteiger partial charge in [-0.2, -0.15) is 0 Å². The van der Waals surface area contributed by atoms with Gasteiger partial charge in [-0.15, -0.1) is 0 Å². The van der Waals surface area contributed by atoms with Gasteiger partial charge in [0.2, 0.25) is 0 Å². The number of benzene rings is 1. The van der Waals surface area contributed by atoms with Crippen LogP contribution in [-0.2, 0) is 4.79 Å². The lowest BCUT2D eigenvalue weighted by atomic mass is 9.87. The van der Waals surface area contributed by atoms with E-state index in [1.165, 1.54) is 0 Å². The van der Waals surface area contributed by atoms with E-state index in [0.717, 1.165) is 6.42 Å². The number of aliphatic carboxylic acids is 1. The Balaban J connectivity index is 2.15. The fraction of sp³-hybridized carbons (Fsp3) is 0.529. The van der Waals surface area contributed by atoms with Crippen molar-refractivity contribution in [2.75, 3.05) is 27.2 Å². The molecule has 1 heterocycles.